The minimum Gasteiger partial charge on any atom is -0.396 e. The highest BCUT2D eigenvalue weighted by molar-refractivity contribution is 6.13. The number of benzene rings is 1. The largest absolute Gasteiger partial charge is 0.396 e. The number of hydrogen-bond donors (Lipinski definition) is 1. The molecule has 2 aromatic heterocycles. The number of hydrogen-bond acceptors (Lipinski definition) is 3. The molecule has 0 aliphatic carbocycles. The molecule has 0 saturated heterocycles. The first-order chi connectivity index (χ1) is 11.0. The number of ketones is 1. The van der Waals surface area contributed by atoms with Gasteiger partial charge in [-0.3, -0.25) is 4.79 Å². The number of fused-ring (bicyclic) bond motifs is 1. The zero-order valence-electron chi connectivity index (χ0n) is 13.1. The van der Waals surface area contributed by atoms with Crippen LogP contribution in [-0.2, 0) is 0 Å². The first kappa shape index (κ1) is 14.9. The van der Waals surface area contributed by atoms with Crippen molar-refractivity contribution >= 4 is 17.0 Å². The summed E-state index contributed by atoms with van der Waals surface area (Å²) in [5.74, 6) is 0.226. The van der Waals surface area contributed by atoms with Crippen molar-refractivity contribution in [3.8, 4) is 6.07 Å². The molecule has 114 valence electrons. The number of carbonyl (C=O) groups is 1. The lowest BCUT2D eigenvalue weighted by molar-refractivity contribution is 0.103. The second-order valence-corrected chi connectivity index (χ2v) is 5.81. The Hall–Kier alpha value is -3.06. The van der Waals surface area contributed by atoms with Gasteiger partial charge in [0.05, 0.1) is 11.2 Å². The van der Waals surface area contributed by atoms with Crippen molar-refractivity contribution < 1.29 is 4.79 Å². The molecule has 0 aliphatic heterocycles. The lowest BCUT2D eigenvalue weighted by atomic mass is 9.99. The van der Waals surface area contributed by atoms with E-state index in [9.17, 15) is 10.1 Å². The molecule has 23 heavy (non-hydrogen) atoms. The van der Waals surface area contributed by atoms with Gasteiger partial charge in [-0.05, 0) is 23.6 Å². The first-order valence-electron chi connectivity index (χ1n) is 7.48. The van der Waals surface area contributed by atoms with Gasteiger partial charge in [0.25, 0.3) is 0 Å². The van der Waals surface area contributed by atoms with Gasteiger partial charge in [0.1, 0.15) is 17.3 Å². The van der Waals surface area contributed by atoms with Gasteiger partial charge < -0.3 is 10.1 Å². The van der Waals surface area contributed by atoms with Crippen LogP contribution in [0.15, 0.2) is 48.7 Å². The number of carbonyl (C=O) groups excluding carboxylic acids is 1. The maximum absolute atomic E-state index is 12.9. The third-order valence-corrected chi connectivity index (χ3v) is 4.05. The molecule has 3 aromatic rings. The van der Waals surface area contributed by atoms with Crippen molar-refractivity contribution in [2.24, 2.45) is 0 Å². The van der Waals surface area contributed by atoms with E-state index in [0.29, 0.717) is 28.3 Å². The molecular weight excluding hydrogens is 286 g/mol. The summed E-state index contributed by atoms with van der Waals surface area (Å²) in [6, 6.07) is 15.0. The number of rotatable bonds is 3. The predicted molar refractivity (Wildman–Crippen MR) is 90.5 cm³/mol. The highest BCUT2D eigenvalue weighted by Crippen LogP contribution is 2.28. The second kappa shape index (κ2) is 5.62. The van der Waals surface area contributed by atoms with Crippen LogP contribution in [0.5, 0.6) is 0 Å². The van der Waals surface area contributed by atoms with E-state index in [0.717, 1.165) is 0 Å². The fourth-order valence-electron chi connectivity index (χ4n) is 2.73. The van der Waals surface area contributed by atoms with Crippen LogP contribution in [0.1, 0.15) is 46.9 Å². The lowest BCUT2D eigenvalue weighted by Crippen LogP contribution is -2.08. The molecule has 2 heterocycles. The Morgan fingerprint density at radius 1 is 1.17 bits per heavy atom. The Bertz CT molecular complexity index is 928. The average Bonchev–Trinajstić information content (AvgIpc) is 2.85. The Morgan fingerprint density at radius 3 is 2.48 bits per heavy atom. The van der Waals surface area contributed by atoms with Crippen LogP contribution >= 0.6 is 0 Å². The van der Waals surface area contributed by atoms with Crippen LogP contribution in [0.2, 0.25) is 0 Å². The monoisotopic (exact) mass is 303 g/mol. The number of nitrogen functional groups attached to an aromatic ring is 1. The van der Waals surface area contributed by atoms with Crippen molar-refractivity contribution in [3.05, 3.63) is 71.0 Å². The fourth-order valence-corrected chi connectivity index (χ4v) is 2.73. The Kier molecular flexibility index (Phi) is 3.63. The van der Waals surface area contributed by atoms with Gasteiger partial charge in [-0.15, -0.1) is 0 Å². The fraction of sp³-hybridized carbons (Fsp3) is 0.158. The third-order valence-electron chi connectivity index (χ3n) is 4.05. The Labute approximate surface area is 134 Å². The highest BCUT2D eigenvalue weighted by atomic mass is 16.1. The maximum atomic E-state index is 12.9. The summed E-state index contributed by atoms with van der Waals surface area (Å²) < 4.78 is 1.69. The van der Waals surface area contributed by atoms with E-state index in [1.165, 1.54) is 5.56 Å². The summed E-state index contributed by atoms with van der Waals surface area (Å²) in [5.41, 5.74) is 9.38. The summed E-state index contributed by atoms with van der Waals surface area (Å²) in [5, 5.41) is 9.32. The molecule has 1 aromatic carbocycles. The van der Waals surface area contributed by atoms with Crippen LogP contribution in [0.3, 0.4) is 0 Å². The van der Waals surface area contributed by atoms with Crippen LogP contribution < -0.4 is 5.73 Å². The molecule has 0 saturated carbocycles. The Morgan fingerprint density at radius 2 is 1.87 bits per heavy atom. The second-order valence-electron chi connectivity index (χ2n) is 5.81. The van der Waals surface area contributed by atoms with E-state index < -0.39 is 0 Å². The van der Waals surface area contributed by atoms with Gasteiger partial charge in [0.2, 0.25) is 5.78 Å². The number of nitrogens with zero attached hydrogens (tertiary/aromatic N) is 2. The minimum atomic E-state index is -0.180. The molecule has 4 heteroatoms. The van der Waals surface area contributed by atoms with Crippen LogP contribution in [0.4, 0.5) is 5.69 Å². The van der Waals surface area contributed by atoms with Crippen LogP contribution in [0.25, 0.3) is 5.52 Å². The zero-order valence-corrected chi connectivity index (χ0v) is 13.1. The van der Waals surface area contributed by atoms with Crippen LogP contribution in [-0.4, -0.2) is 10.2 Å². The summed E-state index contributed by atoms with van der Waals surface area (Å²) in [6.07, 6.45) is 1.75. The van der Waals surface area contributed by atoms with Crippen molar-refractivity contribution in [2.45, 2.75) is 19.8 Å². The van der Waals surface area contributed by atoms with Crippen molar-refractivity contribution in [2.75, 3.05) is 5.73 Å². The lowest BCUT2D eigenvalue weighted by Gasteiger charge is -2.07. The average molecular weight is 303 g/mol. The number of anilines is 1. The molecule has 2 N–H and O–H groups in total. The molecule has 0 radical (unpaired) electrons. The normalized spacial score (nSPS) is 10.9. The molecule has 0 bridgehead atoms. The molecule has 4 nitrogen and oxygen atoms in total. The van der Waals surface area contributed by atoms with E-state index in [-0.39, 0.29) is 11.5 Å². The van der Waals surface area contributed by atoms with E-state index in [1.54, 1.807) is 16.7 Å². The molecule has 0 atom stereocenters. The van der Waals surface area contributed by atoms with Crippen molar-refractivity contribution in [1.29, 1.82) is 5.26 Å². The number of nitriles is 1. The quantitative estimate of drug-likeness (QED) is 0.749. The summed E-state index contributed by atoms with van der Waals surface area (Å²) in [7, 11) is 0. The molecule has 3 rings (SSSR count). The first-order valence-corrected chi connectivity index (χ1v) is 7.48. The molecule has 0 amide bonds. The molecule has 0 aliphatic rings. The third kappa shape index (κ3) is 2.36. The van der Waals surface area contributed by atoms with Crippen molar-refractivity contribution in [3.63, 3.8) is 0 Å². The van der Waals surface area contributed by atoms with Gasteiger partial charge in [-0.25, -0.2) is 0 Å². The SMILES string of the molecule is CC(C)c1ccc(C(=O)c2c(N)c(C#N)c3ccccn23)cc1. The number of nitrogens with two attached hydrogens (primary N) is 1. The number of pyridine rings is 1. The molecule has 0 spiro atoms. The summed E-state index contributed by atoms with van der Waals surface area (Å²) in [4.78, 5) is 12.9. The summed E-state index contributed by atoms with van der Waals surface area (Å²) in [6.45, 7) is 4.21. The van der Waals surface area contributed by atoms with Gasteiger partial charge >= 0.3 is 0 Å². The standard InChI is InChI=1S/C19H17N3O/c1-12(2)13-6-8-14(9-7-13)19(23)18-17(21)15(11-20)16-5-3-4-10-22(16)18/h3-10,12H,21H2,1-2H3. The van der Waals surface area contributed by atoms with E-state index in [1.807, 2.05) is 36.4 Å². The topological polar surface area (TPSA) is 71.3 Å². The number of aromatic nitrogens is 1. The smallest absolute Gasteiger partial charge is 0.211 e. The Balaban J connectivity index is 2.15. The van der Waals surface area contributed by atoms with E-state index >= 15 is 0 Å². The van der Waals surface area contributed by atoms with Gasteiger partial charge in [0, 0.05) is 11.8 Å². The van der Waals surface area contributed by atoms with Gasteiger partial charge in [-0.2, -0.15) is 5.26 Å². The highest BCUT2D eigenvalue weighted by Gasteiger charge is 2.22. The molecule has 0 unspecified atom stereocenters. The maximum Gasteiger partial charge on any atom is 0.211 e. The van der Waals surface area contributed by atoms with Crippen LogP contribution in [0, 0.1) is 11.3 Å². The zero-order chi connectivity index (χ0) is 16.6. The molecular formula is C19H17N3O. The minimum absolute atomic E-state index is 0.180. The van der Waals surface area contributed by atoms with E-state index in [4.69, 9.17) is 5.73 Å². The van der Waals surface area contributed by atoms with Crippen molar-refractivity contribution in [1.82, 2.24) is 4.40 Å². The summed E-state index contributed by atoms with van der Waals surface area (Å²) >= 11 is 0. The predicted octanol–water partition coefficient (Wildman–Crippen LogP) is 3.75. The van der Waals surface area contributed by atoms with Gasteiger partial charge in [-0.1, -0.05) is 44.2 Å². The van der Waals surface area contributed by atoms with E-state index in [2.05, 4.69) is 19.9 Å². The molecule has 0 fully saturated rings. The van der Waals surface area contributed by atoms with Gasteiger partial charge in [0.15, 0.2) is 0 Å².